The van der Waals surface area contributed by atoms with Crippen molar-refractivity contribution in [1.82, 2.24) is 0 Å². The number of aryl methyl sites for hydroxylation is 1. The maximum atomic E-state index is 11.8. The van der Waals surface area contributed by atoms with Gasteiger partial charge < -0.3 is 20.3 Å². The van der Waals surface area contributed by atoms with E-state index in [9.17, 15) is 14.7 Å². The number of nitrogens with one attached hydrogen (secondary N) is 1. The Bertz CT molecular complexity index is 957. The van der Waals surface area contributed by atoms with E-state index in [4.69, 9.17) is 9.84 Å². The van der Waals surface area contributed by atoms with E-state index in [1.165, 1.54) is 0 Å². The van der Waals surface area contributed by atoms with Gasteiger partial charge in [-0.05, 0) is 87.9 Å². The number of ether oxygens (including phenoxy) is 1. The molecule has 0 aromatic heterocycles. The van der Waals surface area contributed by atoms with Crippen LogP contribution in [0.1, 0.15) is 35.6 Å². The summed E-state index contributed by atoms with van der Waals surface area (Å²) in [6.07, 6.45) is 0.0748. The van der Waals surface area contributed by atoms with Gasteiger partial charge in [-0.25, -0.2) is 0 Å². The zero-order valence-corrected chi connectivity index (χ0v) is 19.1. The lowest BCUT2D eigenvalue weighted by atomic mass is 10.0. The van der Waals surface area contributed by atoms with Gasteiger partial charge in [-0.15, -0.1) is 0 Å². The summed E-state index contributed by atoms with van der Waals surface area (Å²) in [6, 6.07) is 3.46. The minimum Gasteiger partial charge on any atom is -0.507 e. The van der Waals surface area contributed by atoms with Gasteiger partial charge in [0.05, 0.1) is 8.95 Å². The fraction of sp³-hybridized carbons (Fsp3) is 0.300. The van der Waals surface area contributed by atoms with Crippen LogP contribution in [-0.4, -0.2) is 22.1 Å². The van der Waals surface area contributed by atoms with Crippen molar-refractivity contribution in [2.75, 3.05) is 5.32 Å². The van der Waals surface area contributed by atoms with Crippen molar-refractivity contribution in [3.05, 3.63) is 43.3 Å². The second-order valence-corrected chi connectivity index (χ2v) is 8.04. The largest absolute Gasteiger partial charge is 0.507 e. The monoisotopic (exact) mass is 513 g/mol. The number of aromatic hydroxyl groups is 1. The normalized spacial score (nSPS) is 10.6. The van der Waals surface area contributed by atoms with Gasteiger partial charge in [0.1, 0.15) is 17.9 Å². The number of rotatable bonds is 6. The summed E-state index contributed by atoms with van der Waals surface area (Å²) < 4.78 is 7.38. The van der Waals surface area contributed by atoms with Crippen LogP contribution in [0, 0.1) is 20.8 Å². The van der Waals surface area contributed by atoms with Crippen LogP contribution in [-0.2, 0) is 16.0 Å². The number of carboxylic acids is 1. The molecule has 2 aromatic carbocycles. The Morgan fingerprint density at radius 3 is 2.36 bits per heavy atom. The molecular weight excluding hydrogens is 494 g/mol. The standard InChI is InChI=1S/C20H21Br2NO5/c1-5-12-10(3)19(27)9(2)6-15(12)28-20-13(21)7-14(11(4)18(20)22)23-16(24)8-17(25)26/h6-7,27H,5,8H2,1-4H3,(H,23,24)(H,25,26). The van der Waals surface area contributed by atoms with Gasteiger partial charge in [-0.1, -0.05) is 6.92 Å². The molecule has 28 heavy (non-hydrogen) atoms. The number of amides is 1. The molecule has 0 aliphatic rings. The van der Waals surface area contributed by atoms with Crippen molar-refractivity contribution in [2.24, 2.45) is 0 Å². The molecule has 0 unspecified atom stereocenters. The number of halogens is 2. The molecule has 0 saturated heterocycles. The van der Waals surface area contributed by atoms with Crippen molar-refractivity contribution in [1.29, 1.82) is 0 Å². The summed E-state index contributed by atoms with van der Waals surface area (Å²) >= 11 is 6.96. The number of carboxylic acid groups (broad SMARTS) is 1. The summed E-state index contributed by atoms with van der Waals surface area (Å²) in [7, 11) is 0. The second kappa shape index (κ2) is 8.96. The van der Waals surface area contributed by atoms with E-state index < -0.39 is 18.3 Å². The summed E-state index contributed by atoms with van der Waals surface area (Å²) in [5.74, 6) is -0.388. The molecule has 6 nitrogen and oxygen atoms in total. The van der Waals surface area contributed by atoms with Crippen molar-refractivity contribution in [3.63, 3.8) is 0 Å². The maximum absolute atomic E-state index is 11.8. The van der Waals surface area contributed by atoms with E-state index >= 15 is 0 Å². The van der Waals surface area contributed by atoms with Gasteiger partial charge in [0.2, 0.25) is 5.91 Å². The Balaban J connectivity index is 2.45. The lowest BCUT2D eigenvalue weighted by Gasteiger charge is -2.19. The summed E-state index contributed by atoms with van der Waals surface area (Å²) in [6.45, 7) is 7.43. The maximum Gasteiger partial charge on any atom is 0.312 e. The first-order valence-corrected chi connectivity index (χ1v) is 10.2. The van der Waals surface area contributed by atoms with Crippen LogP contribution in [0.15, 0.2) is 21.1 Å². The van der Waals surface area contributed by atoms with Gasteiger partial charge in [-0.3, -0.25) is 9.59 Å². The molecule has 2 aromatic rings. The number of aliphatic carboxylic acids is 1. The summed E-state index contributed by atoms with van der Waals surface area (Å²) in [5, 5.41) is 21.5. The molecule has 2 rings (SSSR count). The van der Waals surface area contributed by atoms with Crippen LogP contribution >= 0.6 is 31.9 Å². The van der Waals surface area contributed by atoms with Gasteiger partial charge in [0.25, 0.3) is 0 Å². The fourth-order valence-corrected chi connectivity index (χ4v) is 4.15. The SMILES string of the molecule is CCc1c(Oc2c(Br)cc(NC(=O)CC(=O)O)c(C)c2Br)cc(C)c(O)c1C. The minimum atomic E-state index is -1.20. The van der Waals surface area contributed by atoms with Crippen LogP contribution in [0.3, 0.4) is 0 Å². The van der Waals surface area contributed by atoms with Crippen molar-refractivity contribution in [3.8, 4) is 17.2 Å². The summed E-state index contributed by atoms with van der Waals surface area (Å²) in [4.78, 5) is 22.5. The minimum absolute atomic E-state index is 0.259. The van der Waals surface area contributed by atoms with E-state index in [0.717, 1.165) is 11.1 Å². The third-order valence-corrected chi connectivity index (χ3v) is 5.94. The van der Waals surface area contributed by atoms with Crippen molar-refractivity contribution in [2.45, 2.75) is 40.5 Å². The van der Waals surface area contributed by atoms with Crippen LogP contribution < -0.4 is 10.1 Å². The van der Waals surface area contributed by atoms with E-state index in [-0.39, 0.29) is 5.75 Å². The molecule has 0 radical (unpaired) electrons. The molecule has 0 fully saturated rings. The Morgan fingerprint density at radius 2 is 1.79 bits per heavy atom. The number of benzene rings is 2. The lowest BCUT2D eigenvalue weighted by Crippen LogP contribution is -2.16. The summed E-state index contributed by atoms with van der Waals surface area (Å²) in [5.41, 5.74) is 3.57. The fourth-order valence-electron chi connectivity index (χ4n) is 2.87. The van der Waals surface area contributed by atoms with Gasteiger partial charge >= 0.3 is 5.97 Å². The van der Waals surface area contributed by atoms with Crippen LogP contribution in [0.25, 0.3) is 0 Å². The Morgan fingerprint density at radius 1 is 1.14 bits per heavy atom. The average molecular weight is 515 g/mol. The molecule has 3 N–H and O–H groups in total. The van der Waals surface area contributed by atoms with Gasteiger partial charge in [-0.2, -0.15) is 0 Å². The van der Waals surface area contributed by atoms with Crippen LogP contribution in [0.4, 0.5) is 5.69 Å². The lowest BCUT2D eigenvalue weighted by molar-refractivity contribution is -0.139. The zero-order valence-electron chi connectivity index (χ0n) is 15.9. The van der Waals surface area contributed by atoms with E-state index in [1.807, 2.05) is 20.8 Å². The molecule has 8 heteroatoms. The number of anilines is 1. The molecule has 0 saturated carbocycles. The molecule has 150 valence electrons. The molecule has 0 aliphatic carbocycles. The van der Waals surface area contributed by atoms with E-state index in [0.29, 0.717) is 43.7 Å². The molecule has 0 bridgehead atoms. The van der Waals surface area contributed by atoms with Crippen molar-refractivity contribution >= 4 is 49.4 Å². The average Bonchev–Trinajstić information content (AvgIpc) is 2.60. The first kappa shape index (κ1) is 22.2. The second-order valence-electron chi connectivity index (χ2n) is 6.39. The molecule has 0 spiro atoms. The van der Waals surface area contributed by atoms with Gasteiger partial charge in [0, 0.05) is 11.3 Å². The highest BCUT2D eigenvalue weighted by Gasteiger charge is 2.19. The topological polar surface area (TPSA) is 95.9 Å². The Kier molecular flexibility index (Phi) is 7.11. The first-order chi connectivity index (χ1) is 13.1. The van der Waals surface area contributed by atoms with Crippen LogP contribution in [0.2, 0.25) is 0 Å². The molecule has 0 atom stereocenters. The number of carbonyl (C=O) groups is 2. The number of phenols is 1. The number of phenolic OH excluding ortho intramolecular Hbond substituents is 1. The predicted molar refractivity (Wildman–Crippen MR) is 114 cm³/mol. The quantitative estimate of drug-likeness (QED) is 0.435. The molecular formula is C20H21Br2NO5. The number of hydrogen-bond donors (Lipinski definition) is 3. The third kappa shape index (κ3) is 4.67. The third-order valence-electron chi connectivity index (χ3n) is 4.40. The zero-order chi connectivity index (χ0) is 21.2. The van der Waals surface area contributed by atoms with E-state index in [2.05, 4.69) is 37.2 Å². The predicted octanol–water partition coefficient (Wildman–Crippen LogP) is 5.61. The highest BCUT2D eigenvalue weighted by molar-refractivity contribution is 9.11. The highest BCUT2D eigenvalue weighted by Crippen LogP contribution is 2.44. The number of carbonyl (C=O) groups excluding carboxylic acids is 1. The van der Waals surface area contributed by atoms with Gasteiger partial charge in [0.15, 0.2) is 5.75 Å². The van der Waals surface area contributed by atoms with Crippen LogP contribution in [0.5, 0.6) is 17.2 Å². The number of hydrogen-bond acceptors (Lipinski definition) is 4. The van der Waals surface area contributed by atoms with E-state index in [1.54, 1.807) is 19.1 Å². The molecule has 1 amide bonds. The molecule has 0 heterocycles. The highest BCUT2D eigenvalue weighted by atomic mass is 79.9. The Labute approximate surface area is 180 Å². The smallest absolute Gasteiger partial charge is 0.312 e. The Hall–Kier alpha value is -2.06. The first-order valence-electron chi connectivity index (χ1n) is 8.56. The van der Waals surface area contributed by atoms with Crippen molar-refractivity contribution < 1.29 is 24.5 Å². The molecule has 0 aliphatic heterocycles.